The lowest BCUT2D eigenvalue weighted by atomic mass is 10.0. The number of hydrogen-bond donors (Lipinski definition) is 2. The summed E-state index contributed by atoms with van der Waals surface area (Å²) in [5.41, 5.74) is 0.770. The number of carbonyl (C=O) groups is 2. The van der Waals surface area contributed by atoms with Gasteiger partial charge in [0.2, 0.25) is 5.91 Å². The first-order valence-corrected chi connectivity index (χ1v) is 10.4. The molecule has 1 unspecified atom stereocenters. The average Bonchev–Trinajstić information content (AvgIpc) is 2.68. The number of hydrogen-bond acceptors (Lipinski definition) is 6. The maximum atomic E-state index is 13.3. The van der Waals surface area contributed by atoms with Crippen molar-refractivity contribution >= 4 is 33.6 Å². The molecule has 2 aliphatic rings. The van der Waals surface area contributed by atoms with Crippen molar-refractivity contribution in [1.29, 1.82) is 0 Å². The molecule has 0 spiro atoms. The third-order valence-corrected chi connectivity index (χ3v) is 5.07. The molecule has 30 heavy (non-hydrogen) atoms. The Bertz CT molecular complexity index is 1000. The summed E-state index contributed by atoms with van der Waals surface area (Å²) in [4.78, 5) is 31.8. The molecule has 0 saturated carbocycles. The lowest BCUT2D eigenvalue weighted by molar-refractivity contribution is -0.123. The largest absolute Gasteiger partial charge is 0.486 e. The molecule has 2 amide bonds. The Balaban J connectivity index is 1.71. The van der Waals surface area contributed by atoms with Gasteiger partial charge in [0.15, 0.2) is 11.5 Å². The van der Waals surface area contributed by atoms with Gasteiger partial charge < -0.3 is 25.0 Å². The first-order valence-electron chi connectivity index (χ1n) is 9.65. The lowest BCUT2D eigenvalue weighted by Gasteiger charge is -2.38. The second-order valence-electron chi connectivity index (χ2n) is 8.23. The number of rotatable bonds is 3. The number of anilines is 1. The van der Waals surface area contributed by atoms with E-state index in [-0.39, 0.29) is 18.4 Å². The molecular weight excluding hydrogens is 452 g/mol. The molecule has 0 saturated heterocycles. The van der Waals surface area contributed by atoms with Crippen LogP contribution in [0.25, 0.3) is 0 Å². The van der Waals surface area contributed by atoms with Gasteiger partial charge in [0, 0.05) is 16.2 Å². The number of nitrogens with zero attached hydrogens (tertiary/aromatic N) is 2. The van der Waals surface area contributed by atoms with E-state index >= 15 is 0 Å². The molecule has 2 aromatic rings. The van der Waals surface area contributed by atoms with Gasteiger partial charge in [0.25, 0.3) is 5.91 Å². The molecule has 4 rings (SSSR count). The van der Waals surface area contributed by atoms with Crippen LogP contribution in [0.5, 0.6) is 11.5 Å². The number of ether oxygens (including phenoxy) is 2. The third-order valence-electron chi connectivity index (χ3n) is 4.64. The van der Waals surface area contributed by atoms with Crippen LogP contribution in [-0.4, -0.2) is 47.0 Å². The van der Waals surface area contributed by atoms with E-state index in [0.717, 1.165) is 5.56 Å². The summed E-state index contributed by atoms with van der Waals surface area (Å²) in [5.74, 6) is 1.22. The van der Waals surface area contributed by atoms with Crippen LogP contribution in [-0.2, 0) is 4.79 Å². The molecule has 3 heterocycles. The van der Waals surface area contributed by atoms with Crippen molar-refractivity contribution in [1.82, 2.24) is 15.2 Å². The van der Waals surface area contributed by atoms with E-state index in [9.17, 15) is 9.59 Å². The van der Waals surface area contributed by atoms with Crippen LogP contribution in [0.4, 0.5) is 5.82 Å². The summed E-state index contributed by atoms with van der Waals surface area (Å²) in [6, 6.07) is 7.20. The molecule has 0 radical (unpaired) electrons. The van der Waals surface area contributed by atoms with Crippen molar-refractivity contribution in [2.75, 3.05) is 25.1 Å². The van der Waals surface area contributed by atoms with Crippen molar-refractivity contribution in [2.24, 2.45) is 0 Å². The van der Waals surface area contributed by atoms with Gasteiger partial charge in [-0.25, -0.2) is 4.98 Å². The molecule has 0 aliphatic carbocycles. The highest BCUT2D eigenvalue weighted by atomic mass is 79.9. The Morgan fingerprint density at radius 2 is 2.00 bits per heavy atom. The minimum absolute atomic E-state index is 0.103. The van der Waals surface area contributed by atoms with Crippen LogP contribution in [0.3, 0.4) is 0 Å². The van der Waals surface area contributed by atoms with E-state index in [1.54, 1.807) is 12.3 Å². The summed E-state index contributed by atoms with van der Waals surface area (Å²) in [5, 5.41) is 6.21. The number of halogens is 1. The Morgan fingerprint density at radius 1 is 1.27 bits per heavy atom. The van der Waals surface area contributed by atoms with Crippen LogP contribution in [0.2, 0.25) is 0 Å². The standard InChI is InChI=1S/C21H23BrN4O4/c1-21(2,3)25-17(27)11-26-19(12-4-5-15-16(8-12)30-7-6-29-15)24-18-14(20(26)28)9-13(22)10-23-18/h4-5,8-10,19H,6-7,11H2,1-3H3,(H,23,24)(H,25,27). The van der Waals surface area contributed by atoms with E-state index < -0.39 is 11.7 Å². The van der Waals surface area contributed by atoms with Gasteiger partial charge in [0.1, 0.15) is 31.7 Å². The second kappa shape index (κ2) is 7.79. The quantitative estimate of drug-likeness (QED) is 0.709. The van der Waals surface area contributed by atoms with Gasteiger partial charge in [-0.15, -0.1) is 0 Å². The summed E-state index contributed by atoms with van der Waals surface area (Å²) in [7, 11) is 0. The van der Waals surface area contributed by atoms with Gasteiger partial charge in [0.05, 0.1) is 5.56 Å². The fourth-order valence-corrected chi connectivity index (χ4v) is 3.80. The third kappa shape index (κ3) is 4.21. The van der Waals surface area contributed by atoms with Gasteiger partial charge in [-0.05, 0) is 60.5 Å². The van der Waals surface area contributed by atoms with Gasteiger partial charge in [-0.1, -0.05) is 6.07 Å². The predicted octanol–water partition coefficient (Wildman–Crippen LogP) is 3.10. The van der Waals surface area contributed by atoms with Crippen molar-refractivity contribution in [3.63, 3.8) is 0 Å². The number of carbonyl (C=O) groups excluding carboxylic acids is 2. The number of amides is 2. The SMILES string of the molecule is CC(C)(C)NC(=O)CN1C(=O)c2cc(Br)cnc2NC1c1ccc2c(c1)OCCO2. The highest BCUT2D eigenvalue weighted by molar-refractivity contribution is 9.10. The molecular formula is C21H23BrN4O4. The Hall–Kier alpha value is -2.81. The summed E-state index contributed by atoms with van der Waals surface area (Å²) in [6.07, 6.45) is 1.04. The topological polar surface area (TPSA) is 92.8 Å². The number of nitrogens with one attached hydrogen (secondary N) is 2. The van der Waals surface area contributed by atoms with Crippen molar-refractivity contribution < 1.29 is 19.1 Å². The highest BCUT2D eigenvalue weighted by Crippen LogP contribution is 2.37. The number of aromatic nitrogens is 1. The molecule has 9 heteroatoms. The molecule has 0 bridgehead atoms. The maximum absolute atomic E-state index is 13.3. The summed E-state index contributed by atoms with van der Waals surface area (Å²) < 4.78 is 12.0. The Kier molecular flexibility index (Phi) is 5.31. The number of benzene rings is 1. The van der Waals surface area contributed by atoms with Crippen molar-refractivity contribution in [3.05, 3.63) is 46.1 Å². The second-order valence-corrected chi connectivity index (χ2v) is 9.15. The zero-order valence-corrected chi connectivity index (χ0v) is 18.6. The fourth-order valence-electron chi connectivity index (χ4n) is 3.47. The minimum atomic E-state index is -0.583. The molecule has 8 nitrogen and oxygen atoms in total. The van der Waals surface area contributed by atoms with Crippen LogP contribution in [0.15, 0.2) is 34.9 Å². The summed E-state index contributed by atoms with van der Waals surface area (Å²) >= 11 is 3.36. The molecule has 158 valence electrons. The lowest BCUT2D eigenvalue weighted by Crippen LogP contribution is -2.51. The van der Waals surface area contributed by atoms with Gasteiger partial charge in [-0.3, -0.25) is 9.59 Å². The smallest absolute Gasteiger partial charge is 0.260 e. The van der Waals surface area contributed by atoms with Crippen LogP contribution in [0.1, 0.15) is 42.9 Å². The fraction of sp³-hybridized carbons (Fsp3) is 0.381. The summed E-state index contributed by atoms with van der Waals surface area (Å²) in [6.45, 7) is 6.55. The number of fused-ring (bicyclic) bond motifs is 2. The van der Waals surface area contributed by atoms with Crippen LogP contribution in [0, 0.1) is 0 Å². The van der Waals surface area contributed by atoms with Crippen molar-refractivity contribution in [2.45, 2.75) is 32.5 Å². The molecule has 1 atom stereocenters. The van der Waals surface area contributed by atoms with E-state index in [0.29, 0.717) is 40.6 Å². The van der Waals surface area contributed by atoms with Crippen LogP contribution >= 0.6 is 15.9 Å². The first-order chi connectivity index (χ1) is 14.2. The zero-order valence-electron chi connectivity index (χ0n) is 17.0. The molecule has 0 fully saturated rings. The van der Waals surface area contributed by atoms with E-state index in [4.69, 9.17) is 9.47 Å². The highest BCUT2D eigenvalue weighted by Gasteiger charge is 2.36. The molecule has 2 N–H and O–H groups in total. The zero-order chi connectivity index (χ0) is 21.5. The number of pyridine rings is 1. The molecule has 2 aliphatic heterocycles. The average molecular weight is 475 g/mol. The normalized spacial score (nSPS) is 17.8. The van der Waals surface area contributed by atoms with Crippen molar-refractivity contribution in [3.8, 4) is 11.5 Å². The van der Waals surface area contributed by atoms with Gasteiger partial charge in [-0.2, -0.15) is 0 Å². The molecule has 1 aromatic carbocycles. The van der Waals surface area contributed by atoms with Gasteiger partial charge >= 0.3 is 0 Å². The predicted molar refractivity (Wildman–Crippen MR) is 115 cm³/mol. The Labute approximate surface area is 183 Å². The molecule has 1 aromatic heterocycles. The van der Waals surface area contributed by atoms with E-state index in [1.165, 1.54) is 4.90 Å². The van der Waals surface area contributed by atoms with E-state index in [1.807, 2.05) is 39.0 Å². The van der Waals surface area contributed by atoms with Crippen LogP contribution < -0.4 is 20.1 Å². The first kappa shape index (κ1) is 20.5. The monoisotopic (exact) mass is 474 g/mol. The maximum Gasteiger partial charge on any atom is 0.260 e. The minimum Gasteiger partial charge on any atom is -0.486 e. The Morgan fingerprint density at radius 3 is 2.73 bits per heavy atom. The van der Waals surface area contributed by atoms with E-state index in [2.05, 4.69) is 31.5 Å².